The lowest BCUT2D eigenvalue weighted by molar-refractivity contribution is 0.271. The van der Waals surface area contributed by atoms with Crippen LogP contribution < -0.4 is 5.32 Å². The maximum atomic E-state index is 4.76. The predicted octanol–water partition coefficient (Wildman–Crippen LogP) is 2.94. The molecule has 0 radical (unpaired) electrons. The highest BCUT2D eigenvalue weighted by molar-refractivity contribution is 5.31. The molecule has 0 amide bonds. The topological polar surface area (TPSA) is 29.9 Å². The molecule has 0 bridgehead atoms. The second-order valence-electron chi connectivity index (χ2n) is 5.97. The molecule has 1 aromatic carbocycles. The van der Waals surface area contributed by atoms with Crippen molar-refractivity contribution in [3.63, 3.8) is 0 Å². The molecular formula is C17H23N3. The molecule has 0 aliphatic carbocycles. The molecule has 1 unspecified atom stereocenters. The minimum absolute atomic E-state index is 0.232. The van der Waals surface area contributed by atoms with Gasteiger partial charge in [0.25, 0.3) is 0 Å². The highest BCUT2D eigenvalue weighted by Crippen LogP contribution is 2.32. The second kappa shape index (κ2) is 5.41. The fraction of sp³-hybridized carbons (Fsp3) is 0.471. The summed E-state index contributed by atoms with van der Waals surface area (Å²) in [5.74, 6) is 0. The summed E-state index contributed by atoms with van der Waals surface area (Å²) in [5, 5.41) is 8.19. The number of nitrogens with one attached hydrogen (secondary N) is 1. The van der Waals surface area contributed by atoms with E-state index in [0.29, 0.717) is 6.04 Å². The van der Waals surface area contributed by atoms with Crippen molar-refractivity contribution in [3.05, 3.63) is 53.9 Å². The standard InChI is InChI=1S/C17H23N3/c1-3-14(2)20-10-9-16(19-20)11-17(12-18-13-17)15-7-5-4-6-8-15/h4-10,14,18H,3,11-13H2,1-2H3. The Morgan fingerprint density at radius 1 is 1.25 bits per heavy atom. The van der Waals surface area contributed by atoms with Gasteiger partial charge in [-0.15, -0.1) is 0 Å². The van der Waals surface area contributed by atoms with E-state index in [1.807, 2.05) is 0 Å². The van der Waals surface area contributed by atoms with Crippen molar-refractivity contribution in [2.24, 2.45) is 0 Å². The Morgan fingerprint density at radius 3 is 2.60 bits per heavy atom. The highest BCUT2D eigenvalue weighted by atomic mass is 15.3. The molecule has 3 nitrogen and oxygen atoms in total. The van der Waals surface area contributed by atoms with Gasteiger partial charge in [-0.25, -0.2) is 0 Å². The molecule has 1 atom stereocenters. The summed E-state index contributed by atoms with van der Waals surface area (Å²) in [4.78, 5) is 0. The van der Waals surface area contributed by atoms with Crippen LogP contribution in [0.3, 0.4) is 0 Å². The van der Waals surface area contributed by atoms with Crippen molar-refractivity contribution in [2.45, 2.75) is 38.1 Å². The number of rotatable bonds is 5. The average Bonchev–Trinajstić information content (AvgIpc) is 2.91. The molecule has 1 aliphatic rings. The largest absolute Gasteiger partial charge is 0.315 e. The van der Waals surface area contributed by atoms with Gasteiger partial charge in [-0.1, -0.05) is 37.3 Å². The van der Waals surface area contributed by atoms with E-state index in [2.05, 4.69) is 66.4 Å². The summed E-state index contributed by atoms with van der Waals surface area (Å²) in [5.41, 5.74) is 2.86. The molecule has 20 heavy (non-hydrogen) atoms. The van der Waals surface area contributed by atoms with Gasteiger partial charge in [0.1, 0.15) is 0 Å². The van der Waals surface area contributed by atoms with Crippen molar-refractivity contribution >= 4 is 0 Å². The third kappa shape index (κ3) is 2.38. The van der Waals surface area contributed by atoms with Crippen LogP contribution in [-0.2, 0) is 11.8 Å². The summed E-state index contributed by atoms with van der Waals surface area (Å²) in [7, 11) is 0. The Hall–Kier alpha value is -1.61. The molecule has 3 heteroatoms. The van der Waals surface area contributed by atoms with E-state index < -0.39 is 0 Å². The smallest absolute Gasteiger partial charge is 0.0634 e. The number of hydrogen-bond acceptors (Lipinski definition) is 2. The third-order valence-electron chi connectivity index (χ3n) is 4.54. The van der Waals surface area contributed by atoms with Crippen LogP contribution in [0.25, 0.3) is 0 Å². The maximum absolute atomic E-state index is 4.76. The molecule has 2 aromatic rings. The number of nitrogens with zero attached hydrogens (tertiary/aromatic N) is 2. The van der Waals surface area contributed by atoms with E-state index >= 15 is 0 Å². The lowest BCUT2D eigenvalue weighted by Gasteiger charge is -2.43. The van der Waals surface area contributed by atoms with Gasteiger partial charge in [-0.05, 0) is 25.0 Å². The summed E-state index contributed by atoms with van der Waals surface area (Å²) in [6, 6.07) is 13.5. The van der Waals surface area contributed by atoms with Crippen LogP contribution in [0.5, 0.6) is 0 Å². The van der Waals surface area contributed by atoms with Gasteiger partial charge < -0.3 is 5.32 Å². The SMILES string of the molecule is CCC(C)n1ccc(CC2(c3ccccc3)CNC2)n1. The van der Waals surface area contributed by atoms with E-state index in [4.69, 9.17) is 5.10 Å². The van der Waals surface area contributed by atoms with Crippen molar-refractivity contribution < 1.29 is 0 Å². The van der Waals surface area contributed by atoms with Crippen LogP contribution in [0.4, 0.5) is 0 Å². The first kappa shape index (κ1) is 13.4. The van der Waals surface area contributed by atoms with E-state index in [1.54, 1.807) is 0 Å². The molecule has 1 N–H and O–H groups in total. The molecule has 1 aromatic heterocycles. The molecule has 0 spiro atoms. The van der Waals surface area contributed by atoms with Crippen LogP contribution in [-0.4, -0.2) is 22.9 Å². The van der Waals surface area contributed by atoms with Gasteiger partial charge in [-0.3, -0.25) is 4.68 Å². The van der Waals surface area contributed by atoms with Crippen LogP contribution in [0.1, 0.15) is 37.6 Å². The molecular weight excluding hydrogens is 246 g/mol. The van der Waals surface area contributed by atoms with Crippen molar-refractivity contribution in [1.82, 2.24) is 15.1 Å². The molecule has 3 rings (SSSR count). The lowest BCUT2D eigenvalue weighted by Crippen LogP contribution is -2.58. The first-order chi connectivity index (χ1) is 9.73. The van der Waals surface area contributed by atoms with Gasteiger partial charge in [0, 0.05) is 37.2 Å². The van der Waals surface area contributed by atoms with Crippen LogP contribution in [0.15, 0.2) is 42.6 Å². The summed E-state index contributed by atoms with van der Waals surface area (Å²) < 4.78 is 2.10. The molecule has 0 saturated carbocycles. The minimum atomic E-state index is 0.232. The van der Waals surface area contributed by atoms with Crippen LogP contribution in [0, 0.1) is 0 Å². The first-order valence-electron chi connectivity index (χ1n) is 7.54. The highest BCUT2D eigenvalue weighted by Gasteiger charge is 2.39. The van der Waals surface area contributed by atoms with Crippen LogP contribution >= 0.6 is 0 Å². The van der Waals surface area contributed by atoms with Gasteiger partial charge in [0.05, 0.1) is 5.69 Å². The first-order valence-corrected chi connectivity index (χ1v) is 7.54. The fourth-order valence-electron chi connectivity index (χ4n) is 2.90. The summed E-state index contributed by atoms with van der Waals surface area (Å²) >= 11 is 0. The fourth-order valence-corrected chi connectivity index (χ4v) is 2.90. The summed E-state index contributed by atoms with van der Waals surface area (Å²) in [6.07, 6.45) is 4.26. The Morgan fingerprint density at radius 2 is 2.00 bits per heavy atom. The van der Waals surface area contributed by atoms with E-state index in [-0.39, 0.29) is 5.41 Å². The maximum Gasteiger partial charge on any atom is 0.0634 e. The normalized spacial score (nSPS) is 18.5. The average molecular weight is 269 g/mol. The van der Waals surface area contributed by atoms with Gasteiger partial charge >= 0.3 is 0 Å². The summed E-state index contributed by atoms with van der Waals surface area (Å²) in [6.45, 7) is 6.52. The van der Waals surface area contributed by atoms with Crippen molar-refractivity contribution in [3.8, 4) is 0 Å². The van der Waals surface area contributed by atoms with E-state index in [0.717, 1.165) is 25.9 Å². The van der Waals surface area contributed by atoms with Crippen molar-refractivity contribution in [2.75, 3.05) is 13.1 Å². The minimum Gasteiger partial charge on any atom is -0.315 e. The number of aromatic nitrogens is 2. The lowest BCUT2D eigenvalue weighted by atomic mass is 9.72. The Kier molecular flexibility index (Phi) is 3.62. The number of hydrogen-bond donors (Lipinski definition) is 1. The predicted molar refractivity (Wildman–Crippen MR) is 81.9 cm³/mol. The van der Waals surface area contributed by atoms with E-state index in [9.17, 15) is 0 Å². The number of benzene rings is 1. The Labute approximate surface area is 121 Å². The zero-order valence-electron chi connectivity index (χ0n) is 12.3. The third-order valence-corrected chi connectivity index (χ3v) is 4.54. The van der Waals surface area contributed by atoms with Gasteiger partial charge in [0.2, 0.25) is 0 Å². The Bertz CT molecular complexity index is 555. The molecule has 2 heterocycles. The van der Waals surface area contributed by atoms with E-state index in [1.165, 1.54) is 11.3 Å². The molecule has 1 fully saturated rings. The van der Waals surface area contributed by atoms with Crippen LogP contribution in [0.2, 0.25) is 0 Å². The zero-order chi connectivity index (χ0) is 14.0. The zero-order valence-corrected chi connectivity index (χ0v) is 12.3. The monoisotopic (exact) mass is 269 g/mol. The molecule has 1 saturated heterocycles. The molecule has 106 valence electrons. The van der Waals surface area contributed by atoms with Gasteiger partial charge in [-0.2, -0.15) is 5.10 Å². The Balaban J connectivity index is 1.80. The van der Waals surface area contributed by atoms with Gasteiger partial charge in [0.15, 0.2) is 0 Å². The quantitative estimate of drug-likeness (QED) is 0.904. The van der Waals surface area contributed by atoms with Crippen molar-refractivity contribution in [1.29, 1.82) is 0 Å². The molecule has 1 aliphatic heterocycles. The second-order valence-corrected chi connectivity index (χ2v) is 5.97.